The van der Waals surface area contributed by atoms with Crippen molar-refractivity contribution in [2.75, 3.05) is 6.54 Å². The van der Waals surface area contributed by atoms with E-state index < -0.39 is 0 Å². The number of thiazole rings is 1. The molecule has 0 spiro atoms. The monoisotopic (exact) mass is 309 g/mol. The van der Waals surface area contributed by atoms with E-state index in [1.165, 1.54) is 16.9 Å². The Hall–Kier alpha value is -2.53. The molecule has 0 atom stereocenters. The highest BCUT2D eigenvalue weighted by atomic mass is 32.1. The minimum atomic E-state index is -0.104. The molecule has 2 heterocycles. The average Bonchev–Trinajstić information content (AvgIpc) is 3.10. The third-order valence-corrected chi connectivity index (χ3v) is 4.04. The summed E-state index contributed by atoms with van der Waals surface area (Å²) in [6, 6.07) is 13.7. The van der Waals surface area contributed by atoms with Crippen LogP contribution in [0.2, 0.25) is 0 Å². The molecule has 5 heteroatoms. The zero-order chi connectivity index (χ0) is 15.2. The molecular weight excluding hydrogens is 294 g/mol. The Balaban J connectivity index is 1.68. The Kier molecular flexibility index (Phi) is 4.56. The molecule has 0 aliphatic heterocycles. The molecule has 22 heavy (non-hydrogen) atoms. The van der Waals surface area contributed by atoms with Gasteiger partial charge < -0.3 is 5.32 Å². The summed E-state index contributed by atoms with van der Waals surface area (Å²) in [5, 5.41) is 2.96. The number of amides is 1. The molecule has 0 aliphatic rings. The standard InChI is InChI=1S/C17H15N3OS/c21-17(20-10-8-13-5-2-1-3-6-13)14-7-4-9-19-16(14)15-11-18-12-22-15/h1-7,9,11-12H,8,10H2,(H,20,21). The summed E-state index contributed by atoms with van der Waals surface area (Å²) in [7, 11) is 0. The number of carbonyl (C=O) groups excluding carboxylic acids is 1. The Labute approximate surface area is 132 Å². The molecule has 110 valence electrons. The van der Waals surface area contributed by atoms with Gasteiger partial charge in [-0.1, -0.05) is 30.3 Å². The first-order valence-corrected chi connectivity index (χ1v) is 7.88. The molecule has 0 bridgehead atoms. The number of aromatic nitrogens is 2. The van der Waals surface area contributed by atoms with Crippen LogP contribution in [0, 0.1) is 0 Å². The van der Waals surface area contributed by atoms with Crippen LogP contribution in [0.15, 0.2) is 60.4 Å². The maximum atomic E-state index is 12.4. The van der Waals surface area contributed by atoms with Gasteiger partial charge in [0.05, 0.1) is 21.6 Å². The van der Waals surface area contributed by atoms with Gasteiger partial charge >= 0.3 is 0 Å². The quantitative estimate of drug-likeness (QED) is 0.787. The molecule has 1 N–H and O–H groups in total. The number of nitrogens with one attached hydrogen (secondary N) is 1. The van der Waals surface area contributed by atoms with Crippen LogP contribution in [0.3, 0.4) is 0 Å². The number of pyridine rings is 1. The van der Waals surface area contributed by atoms with Gasteiger partial charge in [-0.05, 0) is 24.1 Å². The molecule has 0 aliphatic carbocycles. The normalized spacial score (nSPS) is 10.4. The van der Waals surface area contributed by atoms with Crippen molar-refractivity contribution in [3.63, 3.8) is 0 Å². The molecule has 3 rings (SSSR count). The van der Waals surface area contributed by atoms with Gasteiger partial charge in [0, 0.05) is 18.9 Å². The molecule has 1 amide bonds. The van der Waals surface area contributed by atoms with E-state index in [0.29, 0.717) is 17.8 Å². The number of benzene rings is 1. The third kappa shape index (κ3) is 3.38. The summed E-state index contributed by atoms with van der Waals surface area (Å²) in [5.41, 5.74) is 4.21. The molecule has 1 aromatic carbocycles. The first kappa shape index (κ1) is 14.4. The van der Waals surface area contributed by atoms with Crippen LogP contribution in [-0.4, -0.2) is 22.4 Å². The fourth-order valence-electron chi connectivity index (χ4n) is 2.18. The van der Waals surface area contributed by atoms with Gasteiger partial charge in [-0.2, -0.15) is 0 Å². The van der Waals surface area contributed by atoms with Crippen LogP contribution < -0.4 is 5.32 Å². The van der Waals surface area contributed by atoms with Gasteiger partial charge in [0.1, 0.15) is 0 Å². The summed E-state index contributed by atoms with van der Waals surface area (Å²) >= 11 is 1.47. The van der Waals surface area contributed by atoms with E-state index >= 15 is 0 Å². The lowest BCUT2D eigenvalue weighted by molar-refractivity contribution is 0.0954. The highest BCUT2D eigenvalue weighted by molar-refractivity contribution is 7.13. The van der Waals surface area contributed by atoms with E-state index in [9.17, 15) is 4.79 Å². The molecule has 4 nitrogen and oxygen atoms in total. The van der Waals surface area contributed by atoms with Crippen molar-refractivity contribution in [2.45, 2.75) is 6.42 Å². The summed E-state index contributed by atoms with van der Waals surface area (Å²) in [6.07, 6.45) is 4.23. The maximum absolute atomic E-state index is 12.4. The van der Waals surface area contributed by atoms with Crippen molar-refractivity contribution in [3.8, 4) is 10.6 Å². The fraction of sp³-hybridized carbons (Fsp3) is 0.118. The summed E-state index contributed by atoms with van der Waals surface area (Å²) < 4.78 is 0. The lowest BCUT2D eigenvalue weighted by Crippen LogP contribution is -2.26. The smallest absolute Gasteiger partial charge is 0.253 e. The Morgan fingerprint density at radius 3 is 2.77 bits per heavy atom. The molecule has 2 aromatic heterocycles. The maximum Gasteiger partial charge on any atom is 0.253 e. The van der Waals surface area contributed by atoms with E-state index in [1.54, 1.807) is 30.0 Å². The van der Waals surface area contributed by atoms with Crippen LogP contribution in [0.25, 0.3) is 10.6 Å². The highest BCUT2D eigenvalue weighted by Crippen LogP contribution is 2.24. The van der Waals surface area contributed by atoms with E-state index in [0.717, 1.165) is 11.3 Å². The molecule has 3 aromatic rings. The van der Waals surface area contributed by atoms with E-state index in [2.05, 4.69) is 27.4 Å². The minimum Gasteiger partial charge on any atom is -0.352 e. The molecule has 0 fully saturated rings. The number of nitrogens with zero attached hydrogens (tertiary/aromatic N) is 2. The Morgan fingerprint density at radius 2 is 2.00 bits per heavy atom. The summed E-state index contributed by atoms with van der Waals surface area (Å²) in [6.45, 7) is 0.597. The Bertz CT molecular complexity index is 742. The molecular formula is C17H15N3OS. The van der Waals surface area contributed by atoms with Crippen LogP contribution in [0.5, 0.6) is 0 Å². The first-order valence-electron chi connectivity index (χ1n) is 7.00. The SMILES string of the molecule is O=C(NCCc1ccccc1)c1cccnc1-c1cncs1. The predicted octanol–water partition coefficient (Wildman–Crippen LogP) is 3.18. The molecule has 0 saturated heterocycles. The van der Waals surface area contributed by atoms with Gasteiger partial charge in [0.15, 0.2) is 0 Å². The number of hydrogen-bond donors (Lipinski definition) is 1. The van der Waals surface area contributed by atoms with Crippen LogP contribution in [-0.2, 0) is 6.42 Å². The zero-order valence-corrected chi connectivity index (χ0v) is 12.7. The minimum absolute atomic E-state index is 0.104. The van der Waals surface area contributed by atoms with Crippen molar-refractivity contribution < 1.29 is 4.79 Å². The topological polar surface area (TPSA) is 54.9 Å². The number of carbonyl (C=O) groups is 1. The highest BCUT2D eigenvalue weighted by Gasteiger charge is 2.14. The second kappa shape index (κ2) is 6.95. The van der Waals surface area contributed by atoms with Gasteiger partial charge in [0.2, 0.25) is 0 Å². The summed E-state index contributed by atoms with van der Waals surface area (Å²) in [5.74, 6) is -0.104. The molecule has 0 unspecified atom stereocenters. The zero-order valence-electron chi connectivity index (χ0n) is 11.9. The van der Waals surface area contributed by atoms with Crippen LogP contribution in [0.1, 0.15) is 15.9 Å². The van der Waals surface area contributed by atoms with Gasteiger partial charge in [-0.3, -0.25) is 14.8 Å². The second-order valence-electron chi connectivity index (χ2n) is 4.76. The first-order chi connectivity index (χ1) is 10.8. The van der Waals surface area contributed by atoms with Crippen molar-refractivity contribution in [1.29, 1.82) is 0 Å². The van der Waals surface area contributed by atoms with Gasteiger partial charge in [-0.25, -0.2) is 0 Å². The van der Waals surface area contributed by atoms with Crippen molar-refractivity contribution in [2.24, 2.45) is 0 Å². The molecule has 0 radical (unpaired) electrons. The van der Waals surface area contributed by atoms with Gasteiger partial charge in [0.25, 0.3) is 5.91 Å². The lowest BCUT2D eigenvalue weighted by atomic mass is 10.1. The van der Waals surface area contributed by atoms with E-state index in [-0.39, 0.29) is 5.91 Å². The summed E-state index contributed by atoms with van der Waals surface area (Å²) in [4.78, 5) is 21.6. The predicted molar refractivity (Wildman–Crippen MR) is 87.8 cm³/mol. The number of rotatable bonds is 5. The molecule has 0 saturated carbocycles. The fourth-order valence-corrected chi connectivity index (χ4v) is 2.81. The average molecular weight is 309 g/mol. The van der Waals surface area contributed by atoms with Crippen LogP contribution in [0.4, 0.5) is 0 Å². The van der Waals surface area contributed by atoms with Crippen molar-refractivity contribution in [1.82, 2.24) is 15.3 Å². The largest absolute Gasteiger partial charge is 0.352 e. The van der Waals surface area contributed by atoms with Crippen LogP contribution >= 0.6 is 11.3 Å². The second-order valence-corrected chi connectivity index (χ2v) is 5.64. The Morgan fingerprint density at radius 1 is 1.14 bits per heavy atom. The van der Waals surface area contributed by atoms with E-state index in [4.69, 9.17) is 0 Å². The third-order valence-electron chi connectivity index (χ3n) is 3.26. The van der Waals surface area contributed by atoms with Crippen molar-refractivity contribution >= 4 is 17.2 Å². The van der Waals surface area contributed by atoms with E-state index in [1.807, 2.05) is 18.2 Å². The lowest BCUT2D eigenvalue weighted by Gasteiger charge is -2.08. The number of hydrogen-bond acceptors (Lipinski definition) is 4. The van der Waals surface area contributed by atoms with Gasteiger partial charge in [-0.15, -0.1) is 11.3 Å². The van der Waals surface area contributed by atoms with Crippen molar-refractivity contribution in [3.05, 3.63) is 71.5 Å².